The molecule has 1 saturated heterocycles. The molecule has 2 aliphatic rings. The molecule has 2 aliphatic heterocycles. The minimum absolute atomic E-state index is 0.615. The molecule has 2 atom stereocenters. The van der Waals surface area contributed by atoms with E-state index in [0.717, 1.165) is 13.0 Å². The van der Waals surface area contributed by atoms with Gasteiger partial charge in [-0.2, -0.15) is 0 Å². The maximum absolute atomic E-state index is 4.74. The summed E-state index contributed by atoms with van der Waals surface area (Å²) in [5.41, 5.74) is 0. The van der Waals surface area contributed by atoms with Crippen molar-refractivity contribution in [2.24, 2.45) is 4.40 Å². The van der Waals surface area contributed by atoms with Crippen molar-refractivity contribution >= 4 is 40.4 Å². The molecule has 2 heterocycles. The fraction of sp³-hybridized carbons (Fsp3) is 0.750. The van der Waals surface area contributed by atoms with Gasteiger partial charge in [0.2, 0.25) is 0 Å². The Kier molecular flexibility index (Phi) is 5.00. The van der Waals surface area contributed by atoms with Crippen LogP contribution in [-0.4, -0.2) is 33.0 Å². The van der Waals surface area contributed by atoms with Crippen LogP contribution in [0, 0.1) is 0 Å². The van der Waals surface area contributed by atoms with Crippen LogP contribution < -0.4 is 0 Å². The van der Waals surface area contributed by atoms with Crippen LogP contribution in [0.5, 0.6) is 0 Å². The fourth-order valence-corrected chi connectivity index (χ4v) is 4.39. The summed E-state index contributed by atoms with van der Waals surface area (Å²) in [4.78, 5) is 2.51. The topological polar surface area (TPSA) is 15.6 Å². The standard InChI is InChI=1S/C12H19IN2S/c1-2-6-10-9-15-8-5-3-4-7-11(13)12(15)14-16-10/h2,10-11H,1,3-9H2. The average Bonchev–Trinajstić information content (AvgIpc) is 2.26. The molecule has 0 radical (unpaired) electrons. The van der Waals surface area contributed by atoms with E-state index in [4.69, 9.17) is 4.40 Å². The molecule has 0 N–H and O–H groups in total. The maximum atomic E-state index is 4.74. The second kappa shape index (κ2) is 6.28. The van der Waals surface area contributed by atoms with Crippen LogP contribution in [0.3, 0.4) is 0 Å². The zero-order valence-electron chi connectivity index (χ0n) is 9.57. The summed E-state index contributed by atoms with van der Waals surface area (Å²) in [7, 11) is 0. The number of hydrogen-bond donors (Lipinski definition) is 0. The van der Waals surface area contributed by atoms with Crippen LogP contribution in [0.2, 0.25) is 0 Å². The number of amidine groups is 1. The lowest BCUT2D eigenvalue weighted by molar-refractivity contribution is 0.378. The van der Waals surface area contributed by atoms with E-state index in [9.17, 15) is 0 Å². The monoisotopic (exact) mass is 350 g/mol. The average molecular weight is 350 g/mol. The van der Waals surface area contributed by atoms with Crippen LogP contribution in [-0.2, 0) is 0 Å². The number of fused-ring (bicyclic) bond motifs is 1. The van der Waals surface area contributed by atoms with Gasteiger partial charge in [-0.15, -0.1) is 6.58 Å². The molecule has 0 aliphatic carbocycles. The first kappa shape index (κ1) is 12.7. The number of rotatable bonds is 2. The third-order valence-corrected chi connectivity index (χ3v) is 5.25. The predicted octanol–water partition coefficient (Wildman–Crippen LogP) is 3.67. The van der Waals surface area contributed by atoms with Crippen molar-refractivity contribution in [1.82, 2.24) is 4.90 Å². The third-order valence-electron chi connectivity index (χ3n) is 3.14. The van der Waals surface area contributed by atoms with Gasteiger partial charge in [-0.05, 0) is 31.2 Å². The lowest BCUT2D eigenvalue weighted by Gasteiger charge is -2.36. The molecule has 0 spiro atoms. The predicted molar refractivity (Wildman–Crippen MR) is 81.5 cm³/mol. The van der Waals surface area contributed by atoms with Crippen LogP contribution in [0.15, 0.2) is 17.1 Å². The summed E-state index contributed by atoms with van der Waals surface area (Å²) in [6, 6.07) is 0. The first-order valence-electron chi connectivity index (χ1n) is 6.05. The molecule has 0 saturated carbocycles. The molecule has 16 heavy (non-hydrogen) atoms. The smallest absolute Gasteiger partial charge is 0.126 e. The Morgan fingerprint density at radius 1 is 1.50 bits per heavy atom. The second-order valence-electron chi connectivity index (χ2n) is 4.46. The highest BCUT2D eigenvalue weighted by Gasteiger charge is 2.27. The minimum Gasteiger partial charge on any atom is -0.357 e. The van der Waals surface area contributed by atoms with E-state index in [1.165, 1.54) is 38.1 Å². The molecule has 2 unspecified atom stereocenters. The molecule has 0 aromatic carbocycles. The van der Waals surface area contributed by atoms with E-state index in [1.807, 2.05) is 6.08 Å². The lowest BCUT2D eigenvalue weighted by Crippen LogP contribution is -2.44. The van der Waals surface area contributed by atoms with Gasteiger partial charge in [0.1, 0.15) is 5.84 Å². The number of alkyl halides is 1. The maximum Gasteiger partial charge on any atom is 0.126 e. The highest BCUT2D eigenvalue weighted by Crippen LogP contribution is 2.29. The lowest BCUT2D eigenvalue weighted by atomic mass is 10.1. The molecule has 1 fully saturated rings. The fourth-order valence-electron chi connectivity index (χ4n) is 2.26. The minimum atomic E-state index is 0.615. The van der Waals surface area contributed by atoms with Gasteiger partial charge in [-0.25, -0.2) is 4.40 Å². The van der Waals surface area contributed by atoms with Crippen molar-refractivity contribution < 1.29 is 0 Å². The summed E-state index contributed by atoms with van der Waals surface area (Å²) < 4.78 is 5.36. The van der Waals surface area contributed by atoms with Gasteiger partial charge in [-0.3, -0.25) is 0 Å². The Balaban J connectivity index is 2.05. The van der Waals surface area contributed by atoms with Crippen molar-refractivity contribution in [3.05, 3.63) is 12.7 Å². The molecule has 2 nitrogen and oxygen atoms in total. The van der Waals surface area contributed by atoms with Crippen LogP contribution in [0.1, 0.15) is 32.1 Å². The summed E-state index contributed by atoms with van der Waals surface area (Å²) in [5, 5.41) is 0.615. The quantitative estimate of drug-likeness (QED) is 0.327. The van der Waals surface area contributed by atoms with Crippen molar-refractivity contribution in [3.63, 3.8) is 0 Å². The number of nitrogens with zero attached hydrogens (tertiary/aromatic N) is 2. The first-order valence-corrected chi connectivity index (χ1v) is 8.13. The second-order valence-corrected chi connectivity index (χ2v) is 7.03. The molecule has 4 heteroatoms. The van der Waals surface area contributed by atoms with Gasteiger partial charge in [0.25, 0.3) is 0 Å². The van der Waals surface area contributed by atoms with E-state index in [0.29, 0.717) is 9.17 Å². The largest absolute Gasteiger partial charge is 0.357 e. The van der Waals surface area contributed by atoms with E-state index >= 15 is 0 Å². The van der Waals surface area contributed by atoms with Crippen LogP contribution in [0.4, 0.5) is 0 Å². The highest BCUT2D eigenvalue weighted by molar-refractivity contribution is 14.1. The molecule has 0 aromatic rings. The zero-order chi connectivity index (χ0) is 11.4. The van der Waals surface area contributed by atoms with Gasteiger partial charge in [0.15, 0.2) is 0 Å². The number of halogens is 1. The Morgan fingerprint density at radius 2 is 2.38 bits per heavy atom. The summed E-state index contributed by atoms with van der Waals surface area (Å²) in [5.74, 6) is 1.34. The van der Waals surface area contributed by atoms with Crippen molar-refractivity contribution in [1.29, 1.82) is 0 Å². The highest BCUT2D eigenvalue weighted by atomic mass is 127. The molecular weight excluding hydrogens is 331 g/mol. The third kappa shape index (κ3) is 3.15. The Bertz CT molecular complexity index is 280. The van der Waals surface area contributed by atoms with Gasteiger partial charge in [0.05, 0.1) is 3.92 Å². The van der Waals surface area contributed by atoms with Gasteiger partial charge in [-0.1, -0.05) is 41.5 Å². The van der Waals surface area contributed by atoms with Crippen LogP contribution in [0.25, 0.3) is 0 Å². The van der Waals surface area contributed by atoms with Gasteiger partial charge >= 0.3 is 0 Å². The SMILES string of the molecule is C=CCC1CN2CCCCCC(I)C2=NS1. The zero-order valence-corrected chi connectivity index (χ0v) is 12.5. The molecule has 0 amide bonds. The van der Waals surface area contributed by atoms with Crippen molar-refractivity contribution in [2.75, 3.05) is 13.1 Å². The molecule has 2 rings (SSSR count). The Hall–Kier alpha value is 0.290. The summed E-state index contributed by atoms with van der Waals surface area (Å²) in [6.07, 6.45) is 8.45. The van der Waals surface area contributed by atoms with E-state index in [2.05, 4.69) is 34.1 Å². The molecular formula is C12H19IN2S. The number of allylic oxidation sites excluding steroid dienone is 1. The van der Waals surface area contributed by atoms with Crippen LogP contribution >= 0.6 is 34.5 Å². The van der Waals surface area contributed by atoms with E-state index < -0.39 is 0 Å². The summed E-state index contributed by atoms with van der Waals surface area (Å²) >= 11 is 4.32. The van der Waals surface area contributed by atoms with Crippen molar-refractivity contribution in [3.8, 4) is 0 Å². The molecule has 0 aromatic heterocycles. The molecule has 0 bridgehead atoms. The van der Waals surface area contributed by atoms with Gasteiger partial charge in [0, 0.05) is 18.3 Å². The van der Waals surface area contributed by atoms with E-state index in [1.54, 1.807) is 11.9 Å². The van der Waals surface area contributed by atoms with Crippen molar-refractivity contribution in [2.45, 2.75) is 41.3 Å². The number of hydrogen-bond acceptors (Lipinski definition) is 3. The normalized spacial score (nSPS) is 31.1. The Morgan fingerprint density at radius 3 is 3.19 bits per heavy atom. The van der Waals surface area contributed by atoms with E-state index in [-0.39, 0.29) is 0 Å². The molecule has 90 valence electrons. The summed E-state index contributed by atoms with van der Waals surface area (Å²) in [6.45, 7) is 6.19. The first-order chi connectivity index (χ1) is 7.81. The van der Waals surface area contributed by atoms with Gasteiger partial charge < -0.3 is 4.90 Å². The Labute approximate surface area is 116 Å².